The molecule has 0 aliphatic carbocycles. The predicted octanol–water partition coefficient (Wildman–Crippen LogP) is 4.66. The minimum absolute atomic E-state index is 0.682. The lowest BCUT2D eigenvalue weighted by Crippen LogP contribution is -2.17. The Labute approximate surface area is 84.4 Å². The molecule has 0 saturated heterocycles. The number of rotatable bonds is 7. The maximum Gasteiger partial charge on any atom is -0.0234 e. The van der Waals surface area contributed by atoms with Crippen molar-refractivity contribution in [3.63, 3.8) is 0 Å². The standard InChI is InChI=1S/C13H26/c1-6-9-10-13(11(4)7-2)12(5)8-3/h7,11-13H,2,6,8-10H2,1,3-5H3. The van der Waals surface area contributed by atoms with Crippen molar-refractivity contribution in [2.24, 2.45) is 17.8 Å². The van der Waals surface area contributed by atoms with Gasteiger partial charge in [0.05, 0.1) is 0 Å². The molecule has 0 amide bonds. The highest BCUT2D eigenvalue weighted by molar-refractivity contribution is 4.83. The fourth-order valence-electron chi connectivity index (χ4n) is 1.98. The largest absolute Gasteiger partial charge is 0.103 e. The molecule has 0 rings (SSSR count). The Kier molecular flexibility index (Phi) is 7.03. The zero-order chi connectivity index (χ0) is 10.3. The molecule has 13 heavy (non-hydrogen) atoms. The van der Waals surface area contributed by atoms with E-state index in [4.69, 9.17) is 0 Å². The lowest BCUT2D eigenvalue weighted by atomic mass is 9.79. The summed E-state index contributed by atoms with van der Waals surface area (Å²) in [5.74, 6) is 2.38. The third kappa shape index (κ3) is 4.50. The van der Waals surface area contributed by atoms with Gasteiger partial charge in [-0.3, -0.25) is 0 Å². The van der Waals surface area contributed by atoms with Crippen LogP contribution in [0.5, 0.6) is 0 Å². The molecule has 0 fully saturated rings. The summed E-state index contributed by atoms with van der Waals surface area (Å²) in [7, 11) is 0. The Morgan fingerprint density at radius 1 is 1.23 bits per heavy atom. The van der Waals surface area contributed by atoms with Crippen LogP contribution in [0.15, 0.2) is 12.7 Å². The molecule has 0 aromatic heterocycles. The van der Waals surface area contributed by atoms with Crippen molar-refractivity contribution in [2.45, 2.75) is 53.4 Å². The summed E-state index contributed by atoms with van der Waals surface area (Å²) in [4.78, 5) is 0. The molecule has 0 N–H and O–H groups in total. The van der Waals surface area contributed by atoms with E-state index in [-0.39, 0.29) is 0 Å². The Morgan fingerprint density at radius 3 is 2.23 bits per heavy atom. The summed E-state index contributed by atoms with van der Waals surface area (Å²) < 4.78 is 0. The Balaban J connectivity index is 4.08. The SMILES string of the molecule is C=CC(C)C(CCCC)C(C)CC. The number of unbranched alkanes of at least 4 members (excludes halogenated alkanes) is 1. The third-order valence-electron chi connectivity index (χ3n) is 3.31. The predicted molar refractivity (Wildman–Crippen MR) is 61.8 cm³/mol. The van der Waals surface area contributed by atoms with Gasteiger partial charge in [-0.25, -0.2) is 0 Å². The number of allylic oxidation sites excluding steroid dienone is 1. The van der Waals surface area contributed by atoms with Crippen molar-refractivity contribution in [1.29, 1.82) is 0 Å². The van der Waals surface area contributed by atoms with Gasteiger partial charge >= 0.3 is 0 Å². The van der Waals surface area contributed by atoms with E-state index in [1.807, 2.05) is 0 Å². The third-order valence-corrected chi connectivity index (χ3v) is 3.31. The highest BCUT2D eigenvalue weighted by atomic mass is 14.2. The van der Waals surface area contributed by atoms with Crippen LogP contribution in [0.4, 0.5) is 0 Å². The van der Waals surface area contributed by atoms with Crippen molar-refractivity contribution in [1.82, 2.24) is 0 Å². The maximum atomic E-state index is 3.91. The Morgan fingerprint density at radius 2 is 1.85 bits per heavy atom. The summed E-state index contributed by atoms with van der Waals surface area (Å²) >= 11 is 0. The van der Waals surface area contributed by atoms with Crippen molar-refractivity contribution in [2.75, 3.05) is 0 Å². The molecule has 0 bridgehead atoms. The van der Waals surface area contributed by atoms with Crippen LogP contribution in [0.3, 0.4) is 0 Å². The molecule has 0 heterocycles. The van der Waals surface area contributed by atoms with E-state index in [1.54, 1.807) is 0 Å². The molecule has 0 aliphatic heterocycles. The first kappa shape index (κ1) is 12.7. The van der Waals surface area contributed by atoms with E-state index in [0.717, 1.165) is 11.8 Å². The molecule has 78 valence electrons. The molecule has 0 heteroatoms. The van der Waals surface area contributed by atoms with Crippen LogP contribution in [0, 0.1) is 17.8 Å². The topological polar surface area (TPSA) is 0 Å². The van der Waals surface area contributed by atoms with Crippen LogP contribution >= 0.6 is 0 Å². The molecular formula is C13H26. The van der Waals surface area contributed by atoms with Crippen LogP contribution in [0.1, 0.15) is 53.4 Å². The molecule has 3 atom stereocenters. The highest BCUT2D eigenvalue weighted by Crippen LogP contribution is 2.29. The van der Waals surface area contributed by atoms with Gasteiger partial charge in [0.25, 0.3) is 0 Å². The maximum absolute atomic E-state index is 3.91. The molecule has 0 aliphatic rings. The number of hydrogen-bond donors (Lipinski definition) is 0. The van der Waals surface area contributed by atoms with Gasteiger partial charge in [0.1, 0.15) is 0 Å². The lowest BCUT2D eigenvalue weighted by Gasteiger charge is -2.27. The quantitative estimate of drug-likeness (QED) is 0.502. The number of hydrogen-bond acceptors (Lipinski definition) is 0. The minimum atomic E-state index is 0.682. The van der Waals surface area contributed by atoms with Gasteiger partial charge in [-0.2, -0.15) is 0 Å². The Hall–Kier alpha value is -0.260. The van der Waals surface area contributed by atoms with Gasteiger partial charge in [-0.05, 0) is 24.2 Å². The van der Waals surface area contributed by atoms with E-state index >= 15 is 0 Å². The normalized spacial score (nSPS) is 17.8. The second kappa shape index (κ2) is 7.17. The summed E-state index contributed by atoms with van der Waals surface area (Å²) in [6, 6.07) is 0. The fraction of sp³-hybridized carbons (Fsp3) is 0.846. The Bertz CT molecular complexity index is 126. The molecular weight excluding hydrogens is 156 g/mol. The van der Waals surface area contributed by atoms with E-state index < -0.39 is 0 Å². The van der Waals surface area contributed by atoms with Gasteiger partial charge < -0.3 is 0 Å². The van der Waals surface area contributed by atoms with Gasteiger partial charge in [0.15, 0.2) is 0 Å². The molecule has 0 radical (unpaired) electrons. The zero-order valence-electron chi connectivity index (χ0n) is 9.84. The van der Waals surface area contributed by atoms with Crippen molar-refractivity contribution < 1.29 is 0 Å². The molecule has 0 nitrogen and oxygen atoms in total. The van der Waals surface area contributed by atoms with E-state index in [0.29, 0.717) is 5.92 Å². The van der Waals surface area contributed by atoms with Crippen molar-refractivity contribution >= 4 is 0 Å². The molecule has 0 aromatic rings. The van der Waals surface area contributed by atoms with Crippen LogP contribution in [0.25, 0.3) is 0 Å². The second-order valence-corrected chi connectivity index (χ2v) is 4.29. The van der Waals surface area contributed by atoms with Gasteiger partial charge in [-0.1, -0.05) is 53.0 Å². The fourth-order valence-corrected chi connectivity index (χ4v) is 1.98. The van der Waals surface area contributed by atoms with Crippen LogP contribution in [-0.2, 0) is 0 Å². The molecule has 0 aromatic carbocycles. The van der Waals surface area contributed by atoms with Gasteiger partial charge in [0, 0.05) is 0 Å². The average molecular weight is 182 g/mol. The summed E-state index contributed by atoms with van der Waals surface area (Å²) in [6.45, 7) is 13.1. The van der Waals surface area contributed by atoms with Crippen LogP contribution < -0.4 is 0 Å². The molecule has 3 unspecified atom stereocenters. The van der Waals surface area contributed by atoms with Gasteiger partial charge in [-0.15, -0.1) is 6.58 Å². The summed E-state index contributed by atoms with van der Waals surface area (Å²) in [6.07, 6.45) is 7.47. The second-order valence-electron chi connectivity index (χ2n) is 4.29. The van der Waals surface area contributed by atoms with E-state index in [2.05, 4.69) is 40.3 Å². The average Bonchev–Trinajstić information content (AvgIpc) is 2.17. The highest BCUT2D eigenvalue weighted by Gasteiger charge is 2.19. The van der Waals surface area contributed by atoms with E-state index in [1.165, 1.54) is 25.7 Å². The first-order valence-corrected chi connectivity index (χ1v) is 5.79. The van der Waals surface area contributed by atoms with Crippen LogP contribution in [-0.4, -0.2) is 0 Å². The molecule has 0 saturated carbocycles. The smallest absolute Gasteiger partial charge is 0.0234 e. The lowest BCUT2D eigenvalue weighted by molar-refractivity contribution is 0.261. The minimum Gasteiger partial charge on any atom is -0.103 e. The van der Waals surface area contributed by atoms with E-state index in [9.17, 15) is 0 Å². The molecule has 0 spiro atoms. The summed E-state index contributed by atoms with van der Waals surface area (Å²) in [5, 5.41) is 0. The first-order valence-electron chi connectivity index (χ1n) is 5.79. The van der Waals surface area contributed by atoms with Gasteiger partial charge in [0.2, 0.25) is 0 Å². The first-order chi connectivity index (χ1) is 6.17. The monoisotopic (exact) mass is 182 g/mol. The summed E-state index contributed by atoms with van der Waals surface area (Å²) in [5.41, 5.74) is 0. The van der Waals surface area contributed by atoms with Crippen molar-refractivity contribution in [3.05, 3.63) is 12.7 Å². The van der Waals surface area contributed by atoms with Crippen molar-refractivity contribution in [3.8, 4) is 0 Å². The van der Waals surface area contributed by atoms with Crippen LogP contribution in [0.2, 0.25) is 0 Å². The zero-order valence-corrected chi connectivity index (χ0v) is 9.84.